The van der Waals surface area contributed by atoms with Gasteiger partial charge in [-0.05, 0) is 31.7 Å². The molecule has 17 heavy (non-hydrogen) atoms. The summed E-state index contributed by atoms with van der Waals surface area (Å²) in [7, 11) is 0. The van der Waals surface area contributed by atoms with Crippen LogP contribution in [0.15, 0.2) is 6.07 Å². The van der Waals surface area contributed by atoms with Gasteiger partial charge in [-0.3, -0.25) is 4.79 Å². The Hall–Kier alpha value is -1.23. The molecular weight excluding hydrogens is 234 g/mol. The summed E-state index contributed by atoms with van der Waals surface area (Å²) >= 11 is 1.40. The lowest BCUT2D eigenvalue weighted by Crippen LogP contribution is -2.31. The van der Waals surface area contributed by atoms with E-state index in [1.54, 1.807) is 0 Å². The number of thiophene rings is 1. The fourth-order valence-electron chi connectivity index (χ4n) is 2.10. The summed E-state index contributed by atoms with van der Waals surface area (Å²) in [6, 6.07) is 1.87. The van der Waals surface area contributed by atoms with Gasteiger partial charge < -0.3 is 16.4 Å². The second-order valence-corrected chi connectivity index (χ2v) is 5.60. The maximum atomic E-state index is 11.2. The van der Waals surface area contributed by atoms with Crippen molar-refractivity contribution in [2.24, 2.45) is 11.7 Å². The summed E-state index contributed by atoms with van der Waals surface area (Å²) in [5.74, 6) is 0.369. The Bertz CT molecular complexity index is 412. The van der Waals surface area contributed by atoms with Gasteiger partial charge >= 0.3 is 0 Å². The number of rotatable bonds is 5. The predicted molar refractivity (Wildman–Crippen MR) is 72.5 cm³/mol. The topological polar surface area (TPSA) is 72.3 Å². The van der Waals surface area contributed by atoms with Crippen LogP contribution in [0.5, 0.6) is 0 Å². The molecule has 1 aromatic rings. The normalized spacial score (nSPS) is 15.6. The zero-order valence-electron chi connectivity index (χ0n) is 10.1. The SMILES string of the molecule is CCN(CC1CCC1)c1cc(N)c(C(N)=O)s1. The Kier molecular flexibility index (Phi) is 3.57. The molecule has 1 fully saturated rings. The fourth-order valence-corrected chi connectivity index (χ4v) is 3.11. The standard InChI is InChI=1S/C12H19N3OS/c1-2-15(7-8-4-3-5-8)10-6-9(13)11(17-10)12(14)16/h6,8H,2-5,7,13H2,1H3,(H2,14,16). The second kappa shape index (κ2) is 4.96. The molecule has 0 aliphatic heterocycles. The third-order valence-electron chi connectivity index (χ3n) is 3.37. The van der Waals surface area contributed by atoms with Crippen LogP contribution in [-0.2, 0) is 0 Å². The van der Waals surface area contributed by atoms with Crippen molar-refractivity contribution in [1.82, 2.24) is 0 Å². The van der Waals surface area contributed by atoms with Crippen molar-refractivity contribution in [3.05, 3.63) is 10.9 Å². The molecule has 0 saturated heterocycles. The van der Waals surface area contributed by atoms with Crippen LogP contribution in [0.4, 0.5) is 10.7 Å². The van der Waals surface area contributed by atoms with E-state index in [4.69, 9.17) is 11.5 Å². The van der Waals surface area contributed by atoms with Gasteiger partial charge in [0, 0.05) is 13.1 Å². The predicted octanol–water partition coefficient (Wildman–Crippen LogP) is 2.06. The minimum atomic E-state index is -0.432. The number of nitrogen functional groups attached to an aromatic ring is 1. The minimum Gasteiger partial charge on any atom is -0.397 e. The Morgan fingerprint density at radius 3 is 2.71 bits per heavy atom. The number of hydrogen-bond donors (Lipinski definition) is 2. The monoisotopic (exact) mass is 253 g/mol. The number of carbonyl (C=O) groups excluding carboxylic acids is 1. The van der Waals surface area contributed by atoms with Gasteiger partial charge in [0.2, 0.25) is 0 Å². The molecule has 5 heteroatoms. The Labute approximate surface area is 106 Å². The van der Waals surface area contributed by atoms with Crippen LogP contribution in [0.1, 0.15) is 35.9 Å². The summed E-state index contributed by atoms with van der Waals surface area (Å²) in [6.07, 6.45) is 3.99. The van der Waals surface area contributed by atoms with Crippen molar-refractivity contribution in [2.75, 3.05) is 23.7 Å². The fraction of sp³-hybridized carbons (Fsp3) is 0.583. The Morgan fingerprint density at radius 2 is 2.29 bits per heavy atom. The first-order valence-corrected chi connectivity index (χ1v) is 6.87. The maximum Gasteiger partial charge on any atom is 0.260 e. The average Bonchev–Trinajstić information content (AvgIpc) is 2.59. The van der Waals surface area contributed by atoms with Crippen molar-refractivity contribution >= 4 is 27.9 Å². The van der Waals surface area contributed by atoms with Crippen LogP contribution in [0.25, 0.3) is 0 Å². The van der Waals surface area contributed by atoms with E-state index in [0.717, 1.165) is 24.0 Å². The number of hydrogen-bond acceptors (Lipinski definition) is 4. The van der Waals surface area contributed by atoms with Crippen molar-refractivity contribution < 1.29 is 4.79 Å². The molecule has 1 heterocycles. The molecule has 0 unspecified atom stereocenters. The van der Waals surface area contributed by atoms with Gasteiger partial charge in [0.05, 0.1) is 10.7 Å². The third-order valence-corrected chi connectivity index (χ3v) is 4.59. The summed E-state index contributed by atoms with van der Waals surface area (Å²) in [5, 5.41) is 1.06. The Balaban J connectivity index is 2.12. The van der Waals surface area contributed by atoms with Gasteiger partial charge in [-0.1, -0.05) is 6.42 Å². The van der Waals surface area contributed by atoms with E-state index in [1.165, 1.54) is 30.6 Å². The van der Waals surface area contributed by atoms with E-state index in [1.807, 2.05) is 6.07 Å². The lowest BCUT2D eigenvalue weighted by Gasteiger charge is -2.32. The highest BCUT2D eigenvalue weighted by Gasteiger charge is 2.22. The van der Waals surface area contributed by atoms with Gasteiger partial charge in [0.1, 0.15) is 4.88 Å². The van der Waals surface area contributed by atoms with Gasteiger partial charge in [-0.15, -0.1) is 11.3 Å². The van der Waals surface area contributed by atoms with Crippen LogP contribution in [0.2, 0.25) is 0 Å². The lowest BCUT2D eigenvalue weighted by atomic mass is 9.85. The number of anilines is 2. The number of carbonyl (C=O) groups is 1. The quantitative estimate of drug-likeness (QED) is 0.843. The summed E-state index contributed by atoms with van der Waals surface area (Å²) in [6.45, 7) is 4.13. The highest BCUT2D eigenvalue weighted by atomic mass is 32.1. The van der Waals surface area contributed by atoms with Crippen LogP contribution >= 0.6 is 11.3 Å². The Morgan fingerprint density at radius 1 is 1.59 bits per heavy atom. The molecule has 0 atom stereocenters. The molecule has 1 saturated carbocycles. The van der Waals surface area contributed by atoms with E-state index < -0.39 is 5.91 Å². The molecule has 0 radical (unpaired) electrons. The molecule has 1 aliphatic rings. The first kappa shape index (κ1) is 12.2. The molecule has 94 valence electrons. The van der Waals surface area contributed by atoms with E-state index >= 15 is 0 Å². The smallest absolute Gasteiger partial charge is 0.260 e. The molecule has 0 spiro atoms. The van der Waals surface area contributed by atoms with Crippen molar-refractivity contribution in [1.29, 1.82) is 0 Å². The van der Waals surface area contributed by atoms with Crippen LogP contribution in [0, 0.1) is 5.92 Å². The molecule has 0 bridgehead atoms. The first-order chi connectivity index (χ1) is 8.11. The number of nitrogens with two attached hydrogens (primary N) is 2. The summed E-state index contributed by atoms with van der Waals surface area (Å²) in [4.78, 5) is 13.9. The van der Waals surface area contributed by atoms with Gasteiger partial charge in [0.15, 0.2) is 0 Å². The van der Waals surface area contributed by atoms with Crippen LogP contribution in [0.3, 0.4) is 0 Å². The largest absolute Gasteiger partial charge is 0.397 e. The molecule has 0 aromatic carbocycles. The zero-order chi connectivity index (χ0) is 12.4. The van der Waals surface area contributed by atoms with Gasteiger partial charge in [-0.2, -0.15) is 0 Å². The van der Waals surface area contributed by atoms with Crippen molar-refractivity contribution in [3.8, 4) is 0 Å². The summed E-state index contributed by atoms with van der Waals surface area (Å²) < 4.78 is 0. The minimum absolute atomic E-state index is 0.432. The molecule has 1 aromatic heterocycles. The number of primary amides is 1. The molecule has 4 nitrogen and oxygen atoms in total. The lowest BCUT2D eigenvalue weighted by molar-refractivity contribution is 0.100. The number of nitrogens with zero attached hydrogens (tertiary/aromatic N) is 1. The molecular formula is C12H19N3OS. The number of amides is 1. The third kappa shape index (κ3) is 2.54. The van der Waals surface area contributed by atoms with Crippen molar-refractivity contribution in [2.45, 2.75) is 26.2 Å². The van der Waals surface area contributed by atoms with Crippen LogP contribution < -0.4 is 16.4 Å². The zero-order valence-corrected chi connectivity index (χ0v) is 10.9. The maximum absolute atomic E-state index is 11.2. The average molecular weight is 253 g/mol. The summed E-state index contributed by atoms with van der Waals surface area (Å²) in [5.41, 5.74) is 11.6. The van der Waals surface area contributed by atoms with E-state index in [0.29, 0.717) is 10.6 Å². The van der Waals surface area contributed by atoms with Gasteiger partial charge in [-0.25, -0.2) is 0 Å². The second-order valence-electron chi connectivity index (χ2n) is 4.57. The van der Waals surface area contributed by atoms with E-state index in [9.17, 15) is 4.79 Å². The van der Waals surface area contributed by atoms with Crippen LogP contribution in [-0.4, -0.2) is 19.0 Å². The molecule has 1 aliphatic carbocycles. The molecule has 4 N–H and O–H groups in total. The van der Waals surface area contributed by atoms with E-state index in [-0.39, 0.29) is 0 Å². The van der Waals surface area contributed by atoms with Gasteiger partial charge in [0.25, 0.3) is 5.91 Å². The highest BCUT2D eigenvalue weighted by Crippen LogP contribution is 2.34. The molecule has 1 amide bonds. The highest BCUT2D eigenvalue weighted by molar-refractivity contribution is 7.18. The first-order valence-electron chi connectivity index (χ1n) is 6.05. The van der Waals surface area contributed by atoms with Crippen molar-refractivity contribution in [3.63, 3.8) is 0 Å². The van der Waals surface area contributed by atoms with E-state index in [2.05, 4.69) is 11.8 Å². The molecule has 2 rings (SSSR count).